The molecule has 3 aliphatic rings. The molecule has 0 aliphatic heterocycles. The number of nitrogens with one attached hydrogen (secondary N) is 1. The van der Waals surface area contributed by atoms with E-state index in [2.05, 4.69) is 5.32 Å². The molecule has 0 bridgehead atoms. The minimum Gasteiger partial charge on any atom is -0.510 e. The topological polar surface area (TPSA) is 173 Å². The number of amides is 1. The summed E-state index contributed by atoms with van der Waals surface area (Å²) in [5, 5.41) is 48.2. The molecule has 0 radical (unpaired) electrons. The molecule has 0 aromatic heterocycles. The number of likely N-dealkylation sites (N-methyl/N-ethyl adjacent to an activating group) is 1. The molecule has 1 aromatic rings. The summed E-state index contributed by atoms with van der Waals surface area (Å²) in [7, 11) is 3.21. The smallest absolute Gasteiger partial charge is 0.255 e. The number of aromatic hydroxyl groups is 1. The van der Waals surface area contributed by atoms with Crippen LogP contribution >= 0.6 is 0 Å². The standard InChI is InChI=1S/C27H35N3O7/c1-6-12-9-16(29-10-11(2)3)21(31)18-14(12)7-13-8-15-20(30(4)5)23(33)19(26(28)36)25(35)27(15,37)24(34)17(13)22(18)32/h9,11,13,15,20,29,31,33-34,37H,6-8,10H2,1-5H3,(H2,28,36)/t13-,15-,20-,27-/m1/s1. The van der Waals surface area contributed by atoms with E-state index >= 15 is 0 Å². The van der Waals surface area contributed by atoms with E-state index in [1.807, 2.05) is 26.8 Å². The third-order valence-corrected chi connectivity index (χ3v) is 7.90. The number of rotatable bonds is 6. The first-order chi connectivity index (χ1) is 17.3. The lowest BCUT2D eigenvalue weighted by molar-refractivity contribution is -0.148. The zero-order valence-corrected chi connectivity index (χ0v) is 21.8. The molecule has 10 heteroatoms. The number of anilines is 1. The van der Waals surface area contributed by atoms with Crippen LogP contribution in [0.15, 0.2) is 28.7 Å². The van der Waals surface area contributed by atoms with Crippen LogP contribution in [0.1, 0.15) is 48.7 Å². The lowest BCUT2D eigenvalue weighted by atomic mass is 9.58. The van der Waals surface area contributed by atoms with E-state index in [1.54, 1.807) is 14.1 Å². The lowest BCUT2D eigenvalue weighted by Crippen LogP contribution is -2.63. The highest BCUT2D eigenvalue weighted by molar-refractivity contribution is 6.24. The van der Waals surface area contributed by atoms with Gasteiger partial charge in [0.25, 0.3) is 5.91 Å². The fraction of sp³-hybridized carbons (Fsp3) is 0.519. The van der Waals surface area contributed by atoms with Crippen LogP contribution in [-0.4, -0.2) is 75.1 Å². The Labute approximate surface area is 215 Å². The maximum Gasteiger partial charge on any atom is 0.255 e. The lowest BCUT2D eigenvalue weighted by Gasteiger charge is -2.50. The van der Waals surface area contributed by atoms with Gasteiger partial charge in [0.1, 0.15) is 22.8 Å². The number of aliphatic hydroxyl groups excluding tert-OH is 2. The Bertz CT molecular complexity index is 1260. The van der Waals surface area contributed by atoms with Gasteiger partial charge >= 0.3 is 0 Å². The Morgan fingerprint density at radius 3 is 2.43 bits per heavy atom. The maximum absolute atomic E-state index is 13.9. The summed E-state index contributed by atoms with van der Waals surface area (Å²) >= 11 is 0. The van der Waals surface area contributed by atoms with Crippen molar-refractivity contribution in [2.45, 2.75) is 51.7 Å². The van der Waals surface area contributed by atoms with Gasteiger partial charge in [-0.3, -0.25) is 19.3 Å². The van der Waals surface area contributed by atoms with E-state index in [0.717, 1.165) is 5.56 Å². The van der Waals surface area contributed by atoms with Gasteiger partial charge in [-0.05, 0) is 62.4 Å². The summed E-state index contributed by atoms with van der Waals surface area (Å²) in [5.41, 5.74) is 3.72. The van der Waals surface area contributed by atoms with Crippen molar-refractivity contribution in [3.8, 4) is 5.75 Å². The number of phenolic OH excluding ortho intramolecular Hbond substituents is 1. The molecule has 10 nitrogen and oxygen atoms in total. The van der Waals surface area contributed by atoms with Crippen molar-refractivity contribution in [3.05, 3.63) is 45.4 Å². The summed E-state index contributed by atoms with van der Waals surface area (Å²) in [6.45, 7) is 6.53. The molecule has 0 heterocycles. The van der Waals surface area contributed by atoms with Gasteiger partial charge in [-0.1, -0.05) is 20.8 Å². The third kappa shape index (κ3) is 3.81. The monoisotopic (exact) mass is 513 g/mol. The van der Waals surface area contributed by atoms with Crippen LogP contribution in [0.25, 0.3) is 0 Å². The summed E-state index contributed by atoms with van der Waals surface area (Å²) < 4.78 is 0. The third-order valence-electron chi connectivity index (χ3n) is 7.90. The second kappa shape index (κ2) is 9.18. The summed E-state index contributed by atoms with van der Waals surface area (Å²) in [6, 6.07) is 0.824. The largest absolute Gasteiger partial charge is 0.510 e. The maximum atomic E-state index is 13.9. The summed E-state index contributed by atoms with van der Waals surface area (Å²) in [4.78, 5) is 40.8. The molecule has 0 spiro atoms. The highest BCUT2D eigenvalue weighted by Crippen LogP contribution is 2.53. The highest BCUT2D eigenvalue weighted by Gasteiger charge is 2.63. The van der Waals surface area contributed by atoms with E-state index in [-0.39, 0.29) is 35.6 Å². The molecule has 37 heavy (non-hydrogen) atoms. The van der Waals surface area contributed by atoms with Gasteiger partial charge in [0.15, 0.2) is 11.4 Å². The Morgan fingerprint density at radius 2 is 1.89 bits per heavy atom. The molecular weight excluding hydrogens is 478 g/mol. The number of benzene rings is 1. The molecule has 1 amide bonds. The zero-order chi connectivity index (χ0) is 27.6. The average Bonchev–Trinajstić information content (AvgIpc) is 2.80. The van der Waals surface area contributed by atoms with Crippen LogP contribution in [0.4, 0.5) is 5.69 Å². The quantitative estimate of drug-likeness (QED) is 0.245. The minimum absolute atomic E-state index is 0.0337. The van der Waals surface area contributed by atoms with Crippen LogP contribution in [-0.2, 0) is 22.4 Å². The van der Waals surface area contributed by atoms with E-state index in [1.165, 1.54) is 4.90 Å². The highest BCUT2D eigenvalue weighted by atomic mass is 16.3. The van der Waals surface area contributed by atoms with Crippen LogP contribution in [0.5, 0.6) is 5.75 Å². The Morgan fingerprint density at radius 1 is 1.24 bits per heavy atom. The number of Topliss-reactive ketones (excluding diaryl/α,β-unsaturated/α-hetero) is 2. The Balaban J connectivity index is 1.93. The van der Waals surface area contributed by atoms with Gasteiger partial charge in [-0.2, -0.15) is 0 Å². The number of nitrogens with two attached hydrogens (primary N) is 1. The van der Waals surface area contributed by atoms with Gasteiger partial charge in [0.05, 0.1) is 17.3 Å². The number of fused-ring (bicyclic) bond motifs is 3. The van der Waals surface area contributed by atoms with Gasteiger partial charge in [0, 0.05) is 18.0 Å². The molecule has 0 saturated carbocycles. The molecule has 200 valence electrons. The van der Waals surface area contributed by atoms with Crippen molar-refractivity contribution in [1.29, 1.82) is 0 Å². The number of nitrogens with zero attached hydrogens (tertiary/aromatic N) is 1. The van der Waals surface area contributed by atoms with Crippen molar-refractivity contribution < 1.29 is 34.8 Å². The van der Waals surface area contributed by atoms with Crippen molar-refractivity contribution in [3.63, 3.8) is 0 Å². The van der Waals surface area contributed by atoms with Crippen molar-refractivity contribution in [1.82, 2.24) is 4.90 Å². The molecular formula is C27H35N3O7. The number of aryl methyl sites for hydroxylation is 1. The first kappa shape index (κ1) is 26.7. The number of aliphatic hydroxyl groups is 3. The number of phenols is 1. The molecule has 7 N–H and O–H groups in total. The molecule has 4 atom stereocenters. The number of hydrogen-bond donors (Lipinski definition) is 6. The van der Waals surface area contributed by atoms with Crippen LogP contribution < -0.4 is 11.1 Å². The second-order valence-electron chi connectivity index (χ2n) is 10.9. The number of allylic oxidation sites excluding steroid dienone is 1. The summed E-state index contributed by atoms with van der Waals surface area (Å²) in [6.07, 6.45) is 0.959. The van der Waals surface area contributed by atoms with E-state index in [0.29, 0.717) is 24.2 Å². The first-order valence-corrected chi connectivity index (χ1v) is 12.5. The number of ketones is 2. The first-order valence-electron chi connectivity index (χ1n) is 12.5. The van der Waals surface area contributed by atoms with Crippen molar-refractivity contribution in [2.24, 2.45) is 23.5 Å². The number of carbonyl (C=O) groups is 3. The molecule has 0 unspecified atom stereocenters. The Kier molecular flexibility index (Phi) is 6.62. The van der Waals surface area contributed by atoms with E-state index < -0.39 is 58.0 Å². The molecule has 3 aliphatic carbocycles. The van der Waals surface area contributed by atoms with Gasteiger partial charge in [0.2, 0.25) is 5.78 Å². The van der Waals surface area contributed by atoms with Crippen LogP contribution in [0.2, 0.25) is 0 Å². The zero-order valence-electron chi connectivity index (χ0n) is 21.8. The fourth-order valence-corrected chi connectivity index (χ4v) is 6.16. The van der Waals surface area contributed by atoms with Gasteiger partial charge < -0.3 is 31.5 Å². The van der Waals surface area contributed by atoms with Gasteiger partial charge in [-0.25, -0.2) is 0 Å². The Hall–Kier alpha value is -3.37. The van der Waals surface area contributed by atoms with E-state index in [4.69, 9.17) is 5.73 Å². The van der Waals surface area contributed by atoms with Crippen LogP contribution in [0.3, 0.4) is 0 Å². The van der Waals surface area contributed by atoms with Crippen molar-refractivity contribution >= 4 is 23.2 Å². The number of primary amides is 1. The normalized spacial score (nSPS) is 27.4. The van der Waals surface area contributed by atoms with Gasteiger partial charge in [-0.15, -0.1) is 0 Å². The average molecular weight is 514 g/mol. The molecule has 0 fully saturated rings. The molecule has 4 rings (SSSR count). The minimum atomic E-state index is -2.64. The fourth-order valence-electron chi connectivity index (χ4n) is 6.16. The molecule has 0 saturated heterocycles. The molecule has 1 aromatic carbocycles. The summed E-state index contributed by atoms with van der Waals surface area (Å²) in [5.74, 6) is -6.18. The second-order valence-corrected chi connectivity index (χ2v) is 10.9. The SMILES string of the molecule is CCc1cc(NCC(C)C)c(O)c2c1C[C@@H]1C[C@@H]3[C@@H](N(C)C)C(O)=C(C(N)=O)C(=O)[C@]3(O)C(O)=C1C2=O. The number of carbonyl (C=O) groups excluding carboxylic acids is 3. The van der Waals surface area contributed by atoms with E-state index in [9.17, 15) is 34.8 Å². The predicted molar refractivity (Wildman–Crippen MR) is 136 cm³/mol. The van der Waals surface area contributed by atoms with Crippen molar-refractivity contribution in [2.75, 3.05) is 26.0 Å². The van der Waals surface area contributed by atoms with Crippen LogP contribution in [0, 0.1) is 17.8 Å². The predicted octanol–water partition coefficient (Wildman–Crippen LogP) is 1.75. The number of hydrogen-bond acceptors (Lipinski definition) is 9.